The van der Waals surface area contributed by atoms with Gasteiger partial charge in [0, 0.05) is 0 Å². The van der Waals surface area contributed by atoms with Gasteiger partial charge in [-0.1, -0.05) is 26.0 Å². The minimum absolute atomic E-state index is 0.0731. The number of carbonyl (C=O) groups is 1. The van der Waals surface area contributed by atoms with Gasteiger partial charge in [0.1, 0.15) is 5.75 Å². The first-order valence-corrected chi connectivity index (χ1v) is 6.19. The highest BCUT2D eigenvalue weighted by molar-refractivity contribution is 5.69. The molecule has 0 saturated carbocycles. The zero-order chi connectivity index (χ0) is 13.6. The molecule has 4 nitrogen and oxygen atoms in total. The summed E-state index contributed by atoms with van der Waals surface area (Å²) in [5.74, 6) is -0.0239. The van der Waals surface area contributed by atoms with Gasteiger partial charge in [0.05, 0.1) is 19.1 Å². The molecule has 1 unspecified atom stereocenters. The van der Waals surface area contributed by atoms with Gasteiger partial charge in [-0.05, 0) is 30.7 Å². The molecule has 0 aliphatic heterocycles. The molecule has 0 radical (unpaired) electrons. The molecule has 0 bridgehead atoms. The van der Waals surface area contributed by atoms with Gasteiger partial charge in [-0.25, -0.2) is 0 Å². The summed E-state index contributed by atoms with van der Waals surface area (Å²) in [6.07, 6.45) is 0.795. The third-order valence-electron chi connectivity index (χ3n) is 3.21. The second kappa shape index (κ2) is 6.40. The largest absolute Gasteiger partial charge is 0.497 e. The van der Waals surface area contributed by atoms with E-state index in [0.29, 0.717) is 0 Å². The molecule has 0 fully saturated rings. The van der Waals surface area contributed by atoms with Crippen molar-refractivity contribution >= 4 is 5.97 Å². The Balaban J connectivity index is 3.09. The van der Waals surface area contributed by atoms with Crippen LogP contribution in [0.5, 0.6) is 5.75 Å². The molecule has 1 aromatic rings. The summed E-state index contributed by atoms with van der Waals surface area (Å²) in [7, 11) is 1.61. The SMILES string of the molecule is CCNC(CC)(CC(=O)O)c1ccc(OC)cc1. The van der Waals surface area contributed by atoms with Crippen LogP contribution in [0.25, 0.3) is 0 Å². The zero-order valence-corrected chi connectivity index (χ0v) is 11.2. The first-order valence-electron chi connectivity index (χ1n) is 6.19. The number of nitrogens with one attached hydrogen (secondary N) is 1. The molecule has 0 spiro atoms. The Kier molecular flexibility index (Phi) is 5.16. The lowest BCUT2D eigenvalue weighted by Crippen LogP contribution is -2.43. The van der Waals surface area contributed by atoms with Crippen molar-refractivity contribution in [2.75, 3.05) is 13.7 Å². The van der Waals surface area contributed by atoms with Crippen LogP contribution in [0.2, 0.25) is 0 Å². The highest BCUT2D eigenvalue weighted by Gasteiger charge is 2.31. The fraction of sp³-hybridized carbons (Fsp3) is 0.500. The minimum Gasteiger partial charge on any atom is -0.497 e. The molecule has 2 N–H and O–H groups in total. The average molecular weight is 251 g/mol. The van der Waals surface area contributed by atoms with E-state index in [0.717, 1.165) is 24.3 Å². The summed E-state index contributed by atoms with van der Waals surface area (Å²) in [4.78, 5) is 11.1. The Morgan fingerprint density at radius 1 is 1.33 bits per heavy atom. The van der Waals surface area contributed by atoms with Crippen molar-refractivity contribution in [2.24, 2.45) is 0 Å². The third kappa shape index (κ3) is 3.23. The number of hydrogen-bond acceptors (Lipinski definition) is 3. The molecule has 0 heterocycles. The van der Waals surface area contributed by atoms with Crippen molar-refractivity contribution in [3.8, 4) is 5.75 Å². The summed E-state index contributed by atoms with van der Waals surface area (Å²) >= 11 is 0. The molecule has 0 aromatic heterocycles. The number of aliphatic carboxylic acids is 1. The van der Waals surface area contributed by atoms with Gasteiger partial charge < -0.3 is 15.2 Å². The van der Waals surface area contributed by atoms with Crippen molar-refractivity contribution in [3.05, 3.63) is 29.8 Å². The van der Waals surface area contributed by atoms with Gasteiger partial charge in [0.25, 0.3) is 0 Å². The summed E-state index contributed by atoms with van der Waals surface area (Å²) in [6, 6.07) is 7.57. The fourth-order valence-corrected chi connectivity index (χ4v) is 2.23. The molecule has 18 heavy (non-hydrogen) atoms. The second-order valence-electron chi connectivity index (χ2n) is 4.27. The lowest BCUT2D eigenvalue weighted by Gasteiger charge is -2.33. The summed E-state index contributed by atoms with van der Waals surface area (Å²) in [6.45, 7) is 4.71. The van der Waals surface area contributed by atoms with Gasteiger partial charge in [-0.2, -0.15) is 0 Å². The molecule has 4 heteroatoms. The molecule has 100 valence electrons. The van der Waals surface area contributed by atoms with E-state index in [2.05, 4.69) is 5.32 Å². The van der Waals surface area contributed by atoms with E-state index in [9.17, 15) is 4.79 Å². The van der Waals surface area contributed by atoms with Crippen LogP contribution in [0.3, 0.4) is 0 Å². The predicted octanol–water partition coefficient (Wildman–Crippen LogP) is 2.38. The van der Waals surface area contributed by atoms with E-state index in [1.807, 2.05) is 38.1 Å². The fourth-order valence-electron chi connectivity index (χ4n) is 2.23. The van der Waals surface area contributed by atoms with E-state index in [-0.39, 0.29) is 6.42 Å². The Labute approximate surface area is 108 Å². The first kappa shape index (κ1) is 14.5. The molecule has 0 amide bonds. The third-order valence-corrected chi connectivity index (χ3v) is 3.21. The second-order valence-corrected chi connectivity index (χ2v) is 4.27. The topological polar surface area (TPSA) is 58.6 Å². The predicted molar refractivity (Wildman–Crippen MR) is 70.9 cm³/mol. The van der Waals surface area contributed by atoms with Crippen LogP contribution >= 0.6 is 0 Å². The number of methoxy groups -OCH3 is 1. The quantitative estimate of drug-likeness (QED) is 0.781. The maximum absolute atomic E-state index is 11.1. The molecule has 0 aliphatic rings. The summed E-state index contributed by atoms with van der Waals surface area (Å²) in [5, 5.41) is 12.4. The van der Waals surface area contributed by atoms with Crippen LogP contribution in [0.1, 0.15) is 32.3 Å². The smallest absolute Gasteiger partial charge is 0.305 e. The molecule has 1 aromatic carbocycles. The molecule has 0 aliphatic carbocycles. The van der Waals surface area contributed by atoms with E-state index >= 15 is 0 Å². The maximum Gasteiger partial charge on any atom is 0.305 e. The Morgan fingerprint density at radius 3 is 2.33 bits per heavy atom. The van der Waals surface area contributed by atoms with Crippen molar-refractivity contribution in [2.45, 2.75) is 32.2 Å². The number of carboxylic acids is 1. The van der Waals surface area contributed by atoms with Crippen molar-refractivity contribution in [1.82, 2.24) is 5.32 Å². The molecule has 1 atom stereocenters. The lowest BCUT2D eigenvalue weighted by atomic mass is 9.84. The number of carboxylic acid groups (broad SMARTS) is 1. The highest BCUT2D eigenvalue weighted by Crippen LogP contribution is 2.30. The first-order chi connectivity index (χ1) is 8.57. The Bertz CT molecular complexity index is 389. The molecule has 1 rings (SSSR count). The number of benzene rings is 1. The van der Waals surface area contributed by atoms with Crippen molar-refractivity contribution in [3.63, 3.8) is 0 Å². The van der Waals surface area contributed by atoms with E-state index in [1.165, 1.54) is 0 Å². The van der Waals surface area contributed by atoms with Crippen LogP contribution in [0.4, 0.5) is 0 Å². The average Bonchev–Trinajstić information content (AvgIpc) is 2.37. The van der Waals surface area contributed by atoms with Crippen molar-refractivity contribution in [1.29, 1.82) is 0 Å². The zero-order valence-electron chi connectivity index (χ0n) is 11.2. The van der Waals surface area contributed by atoms with Crippen LogP contribution in [-0.4, -0.2) is 24.7 Å². The van der Waals surface area contributed by atoms with Crippen LogP contribution in [0.15, 0.2) is 24.3 Å². The summed E-state index contributed by atoms with van der Waals surface area (Å²) in [5.41, 5.74) is 0.474. The van der Waals surface area contributed by atoms with E-state index < -0.39 is 11.5 Å². The van der Waals surface area contributed by atoms with Gasteiger partial charge >= 0.3 is 5.97 Å². The van der Waals surface area contributed by atoms with Gasteiger partial charge in [-0.15, -0.1) is 0 Å². The molecular weight excluding hydrogens is 230 g/mol. The molecule has 0 saturated heterocycles. The van der Waals surface area contributed by atoms with E-state index in [4.69, 9.17) is 9.84 Å². The lowest BCUT2D eigenvalue weighted by molar-refractivity contribution is -0.139. The normalized spacial score (nSPS) is 13.9. The number of ether oxygens (including phenoxy) is 1. The maximum atomic E-state index is 11.1. The van der Waals surface area contributed by atoms with Crippen LogP contribution in [0, 0.1) is 0 Å². The Morgan fingerprint density at radius 2 is 1.94 bits per heavy atom. The number of rotatable bonds is 7. The van der Waals surface area contributed by atoms with Crippen molar-refractivity contribution < 1.29 is 14.6 Å². The monoisotopic (exact) mass is 251 g/mol. The van der Waals surface area contributed by atoms with Crippen LogP contribution in [-0.2, 0) is 10.3 Å². The van der Waals surface area contributed by atoms with Gasteiger partial charge in [-0.3, -0.25) is 4.79 Å². The van der Waals surface area contributed by atoms with Crippen LogP contribution < -0.4 is 10.1 Å². The summed E-state index contributed by atoms with van der Waals surface area (Å²) < 4.78 is 5.12. The Hall–Kier alpha value is -1.55. The van der Waals surface area contributed by atoms with Gasteiger partial charge in [0.15, 0.2) is 0 Å². The highest BCUT2D eigenvalue weighted by atomic mass is 16.5. The molecular formula is C14H21NO3. The van der Waals surface area contributed by atoms with Gasteiger partial charge in [0.2, 0.25) is 0 Å². The van der Waals surface area contributed by atoms with E-state index in [1.54, 1.807) is 7.11 Å². The number of hydrogen-bond donors (Lipinski definition) is 2. The minimum atomic E-state index is -0.798. The standard InChI is InChI=1S/C14H21NO3/c1-4-14(15-5-2,10-13(16)17)11-6-8-12(18-3)9-7-11/h6-9,15H,4-5,10H2,1-3H3,(H,16,17).